The number of amides is 1. The highest BCUT2D eigenvalue weighted by Crippen LogP contribution is 2.10. The van der Waals surface area contributed by atoms with E-state index in [1.165, 1.54) is 0 Å². The number of ether oxygens (including phenoxy) is 1. The van der Waals surface area contributed by atoms with Crippen LogP contribution in [0.1, 0.15) is 25.3 Å². The fourth-order valence-electron chi connectivity index (χ4n) is 1.35. The number of rotatable bonds is 6. The molecule has 4 nitrogen and oxygen atoms in total. The zero-order valence-corrected chi connectivity index (χ0v) is 10.1. The summed E-state index contributed by atoms with van der Waals surface area (Å²) in [7, 11) is 0. The second kappa shape index (κ2) is 7.68. The zero-order valence-electron chi connectivity index (χ0n) is 10.1. The summed E-state index contributed by atoms with van der Waals surface area (Å²) < 4.78 is 4.97. The molecule has 1 aromatic carbocycles. The van der Waals surface area contributed by atoms with Crippen LogP contribution in [0.3, 0.4) is 0 Å². The SMILES string of the molecule is CCCCOC(=O)Nc1ccc(CCO)cc1. The van der Waals surface area contributed by atoms with Gasteiger partial charge in [0.05, 0.1) is 6.61 Å². The second-order valence-electron chi connectivity index (χ2n) is 3.79. The molecule has 1 amide bonds. The van der Waals surface area contributed by atoms with Crippen LogP contribution in [0.5, 0.6) is 0 Å². The molecule has 0 heterocycles. The Bertz CT molecular complexity index is 335. The Morgan fingerprint density at radius 3 is 2.65 bits per heavy atom. The van der Waals surface area contributed by atoms with Crippen molar-refractivity contribution in [2.45, 2.75) is 26.2 Å². The number of benzene rings is 1. The highest BCUT2D eigenvalue weighted by Gasteiger charge is 2.02. The molecule has 4 heteroatoms. The minimum absolute atomic E-state index is 0.131. The van der Waals surface area contributed by atoms with Gasteiger partial charge in [0.2, 0.25) is 0 Å². The van der Waals surface area contributed by atoms with Crippen molar-refractivity contribution in [3.63, 3.8) is 0 Å². The first-order valence-electron chi connectivity index (χ1n) is 5.90. The van der Waals surface area contributed by atoms with Gasteiger partial charge in [0.25, 0.3) is 0 Å². The number of carbonyl (C=O) groups is 1. The Morgan fingerprint density at radius 2 is 2.06 bits per heavy atom. The van der Waals surface area contributed by atoms with Gasteiger partial charge in [0.15, 0.2) is 0 Å². The third-order valence-corrected chi connectivity index (χ3v) is 2.33. The number of hydrogen-bond donors (Lipinski definition) is 2. The number of anilines is 1. The third-order valence-electron chi connectivity index (χ3n) is 2.33. The van der Waals surface area contributed by atoms with Crippen molar-refractivity contribution in [3.8, 4) is 0 Å². The maximum Gasteiger partial charge on any atom is 0.411 e. The number of unbranched alkanes of at least 4 members (excludes halogenated alkanes) is 1. The van der Waals surface area contributed by atoms with Crippen molar-refractivity contribution in [3.05, 3.63) is 29.8 Å². The van der Waals surface area contributed by atoms with Crippen LogP contribution in [-0.2, 0) is 11.2 Å². The molecule has 0 atom stereocenters. The first kappa shape index (κ1) is 13.5. The fraction of sp³-hybridized carbons (Fsp3) is 0.462. The fourth-order valence-corrected chi connectivity index (χ4v) is 1.35. The molecule has 0 saturated carbocycles. The van der Waals surface area contributed by atoms with E-state index in [1.807, 2.05) is 19.1 Å². The Hall–Kier alpha value is -1.55. The van der Waals surface area contributed by atoms with Crippen molar-refractivity contribution < 1.29 is 14.6 Å². The van der Waals surface area contributed by atoms with Gasteiger partial charge in [0.1, 0.15) is 0 Å². The van der Waals surface area contributed by atoms with E-state index in [0.717, 1.165) is 18.4 Å². The number of nitrogens with one attached hydrogen (secondary N) is 1. The average Bonchev–Trinajstić information content (AvgIpc) is 2.32. The Labute approximate surface area is 102 Å². The van der Waals surface area contributed by atoms with E-state index < -0.39 is 6.09 Å². The summed E-state index contributed by atoms with van der Waals surface area (Å²) in [5, 5.41) is 11.4. The molecule has 0 spiro atoms. The number of aliphatic hydroxyl groups is 1. The lowest BCUT2D eigenvalue weighted by Gasteiger charge is -2.07. The predicted molar refractivity (Wildman–Crippen MR) is 67.1 cm³/mol. The highest BCUT2D eigenvalue weighted by atomic mass is 16.5. The molecule has 1 rings (SSSR count). The quantitative estimate of drug-likeness (QED) is 0.747. The Kier molecular flexibility index (Phi) is 6.10. The number of aliphatic hydroxyl groups excluding tert-OH is 1. The van der Waals surface area contributed by atoms with Crippen molar-refractivity contribution in [1.82, 2.24) is 0 Å². The Balaban J connectivity index is 2.37. The molecule has 0 aliphatic rings. The first-order chi connectivity index (χ1) is 8.26. The largest absolute Gasteiger partial charge is 0.449 e. The van der Waals surface area contributed by atoms with Gasteiger partial charge in [-0.1, -0.05) is 25.5 Å². The van der Waals surface area contributed by atoms with Crippen molar-refractivity contribution >= 4 is 11.8 Å². The van der Waals surface area contributed by atoms with E-state index in [0.29, 0.717) is 18.7 Å². The van der Waals surface area contributed by atoms with E-state index in [-0.39, 0.29) is 6.61 Å². The second-order valence-corrected chi connectivity index (χ2v) is 3.79. The molecule has 0 saturated heterocycles. The van der Waals surface area contributed by atoms with Gasteiger partial charge in [-0.05, 0) is 30.5 Å². The third kappa shape index (κ3) is 5.36. The van der Waals surface area contributed by atoms with E-state index in [9.17, 15) is 4.79 Å². The molecule has 17 heavy (non-hydrogen) atoms. The smallest absolute Gasteiger partial charge is 0.411 e. The van der Waals surface area contributed by atoms with E-state index in [2.05, 4.69) is 5.32 Å². The summed E-state index contributed by atoms with van der Waals surface area (Å²) in [6, 6.07) is 7.34. The molecule has 94 valence electrons. The topological polar surface area (TPSA) is 58.6 Å². The van der Waals surface area contributed by atoms with Crippen LogP contribution in [0.15, 0.2) is 24.3 Å². The Morgan fingerprint density at radius 1 is 1.35 bits per heavy atom. The summed E-state index contributed by atoms with van der Waals surface area (Å²) in [5.74, 6) is 0. The number of hydrogen-bond acceptors (Lipinski definition) is 3. The van der Waals surface area contributed by atoms with Gasteiger partial charge in [-0.3, -0.25) is 5.32 Å². The summed E-state index contributed by atoms with van der Waals surface area (Å²) in [4.78, 5) is 11.3. The van der Waals surface area contributed by atoms with Gasteiger partial charge in [-0.25, -0.2) is 4.79 Å². The standard InChI is InChI=1S/C13H19NO3/c1-2-3-10-17-13(16)14-12-6-4-11(5-7-12)8-9-15/h4-7,15H,2-3,8-10H2,1H3,(H,14,16). The molecule has 0 bridgehead atoms. The van der Waals surface area contributed by atoms with E-state index >= 15 is 0 Å². The molecule has 2 N–H and O–H groups in total. The van der Waals surface area contributed by atoms with Gasteiger partial charge < -0.3 is 9.84 Å². The van der Waals surface area contributed by atoms with Crippen molar-refractivity contribution in [1.29, 1.82) is 0 Å². The highest BCUT2D eigenvalue weighted by molar-refractivity contribution is 5.84. The van der Waals surface area contributed by atoms with Crippen LogP contribution in [0.2, 0.25) is 0 Å². The normalized spacial score (nSPS) is 10.0. The van der Waals surface area contributed by atoms with Crippen LogP contribution in [0.4, 0.5) is 10.5 Å². The number of carbonyl (C=O) groups excluding carboxylic acids is 1. The molecule has 0 fully saturated rings. The lowest BCUT2D eigenvalue weighted by atomic mass is 10.1. The molecular formula is C13H19NO3. The molecule has 0 aliphatic carbocycles. The van der Waals surface area contributed by atoms with E-state index in [1.54, 1.807) is 12.1 Å². The molecule has 0 aliphatic heterocycles. The van der Waals surface area contributed by atoms with Crippen LogP contribution in [0, 0.1) is 0 Å². The molecular weight excluding hydrogens is 218 g/mol. The van der Waals surface area contributed by atoms with Crippen LogP contribution >= 0.6 is 0 Å². The summed E-state index contributed by atoms with van der Waals surface area (Å²) in [6.07, 6.45) is 2.08. The maximum absolute atomic E-state index is 11.3. The van der Waals surface area contributed by atoms with Crippen molar-refractivity contribution in [2.24, 2.45) is 0 Å². The maximum atomic E-state index is 11.3. The van der Waals surface area contributed by atoms with Crippen LogP contribution < -0.4 is 5.32 Å². The van der Waals surface area contributed by atoms with Gasteiger partial charge in [-0.15, -0.1) is 0 Å². The van der Waals surface area contributed by atoms with Crippen LogP contribution in [-0.4, -0.2) is 24.4 Å². The predicted octanol–water partition coefficient (Wildman–Crippen LogP) is 2.57. The minimum Gasteiger partial charge on any atom is -0.449 e. The summed E-state index contributed by atoms with van der Waals surface area (Å²) >= 11 is 0. The zero-order chi connectivity index (χ0) is 12.5. The summed E-state index contributed by atoms with van der Waals surface area (Å²) in [5.41, 5.74) is 1.74. The molecule has 0 aromatic heterocycles. The molecule has 1 aromatic rings. The molecule has 0 radical (unpaired) electrons. The summed E-state index contributed by atoms with van der Waals surface area (Å²) in [6.45, 7) is 2.62. The molecule has 0 unspecified atom stereocenters. The minimum atomic E-state index is -0.423. The van der Waals surface area contributed by atoms with E-state index in [4.69, 9.17) is 9.84 Å². The van der Waals surface area contributed by atoms with Gasteiger partial charge in [0, 0.05) is 12.3 Å². The first-order valence-corrected chi connectivity index (χ1v) is 5.90. The lowest BCUT2D eigenvalue weighted by molar-refractivity contribution is 0.160. The van der Waals surface area contributed by atoms with Gasteiger partial charge in [-0.2, -0.15) is 0 Å². The average molecular weight is 237 g/mol. The van der Waals surface area contributed by atoms with Crippen LogP contribution in [0.25, 0.3) is 0 Å². The van der Waals surface area contributed by atoms with Crippen molar-refractivity contribution in [2.75, 3.05) is 18.5 Å². The lowest BCUT2D eigenvalue weighted by Crippen LogP contribution is -2.14. The van der Waals surface area contributed by atoms with Gasteiger partial charge >= 0.3 is 6.09 Å². The monoisotopic (exact) mass is 237 g/mol.